The van der Waals surface area contributed by atoms with Gasteiger partial charge in [0.2, 0.25) is 0 Å². The van der Waals surface area contributed by atoms with E-state index >= 15 is 0 Å². The van der Waals surface area contributed by atoms with E-state index in [0.717, 1.165) is 5.56 Å². The standard InChI is InChI=1S/C6H4N5.3CH3.Sn/c1-3-7-4-2-5(1)6-8-10-11-9-6;;;;/h1-4H;3*1H3;/q-1;;;;+1. The van der Waals surface area contributed by atoms with Crippen molar-refractivity contribution in [2.45, 2.75) is 14.8 Å². The molecule has 0 atom stereocenters. The van der Waals surface area contributed by atoms with Crippen molar-refractivity contribution in [3.05, 3.63) is 24.5 Å². The molecule has 0 unspecified atom stereocenters. The van der Waals surface area contributed by atoms with Crippen LogP contribution in [0.5, 0.6) is 0 Å². The molecule has 0 spiro atoms. The molecule has 2 heterocycles. The maximum atomic E-state index is 4.41. The van der Waals surface area contributed by atoms with Crippen LogP contribution < -0.4 is 0 Å². The minimum absolute atomic E-state index is 0.684. The zero-order valence-corrected chi connectivity index (χ0v) is 11.9. The van der Waals surface area contributed by atoms with E-state index in [1.54, 1.807) is 12.4 Å². The molecule has 0 bridgehead atoms. The van der Waals surface area contributed by atoms with Crippen LogP contribution in [0.3, 0.4) is 0 Å². The first kappa shape index (κ1) is 10.5. The maximum absolute atomic E-state index is 4.41. The third kappa shape index (κ3) is 2.33. The summed E-state index contributed by atoms with van der Waals surface area (Å²) in [5.41, 5.74) is 0.965. The van der Waals surface area contributed by atoms with Crippen molar-refractivity contribution < 1.29 is 0 Å². The summed E-state index contributed by atoms with van der Waals surface area (Å²) in [5, 5.41) is 12.6. The second-order valence-corrected chi connectivity index (χ2v) is 17.8. The zero-order chi connectivity index (χ0) is 10.9. The fraction of sp³-hybridized carbons (Fsp3) is 0.333. The first-order valence-corrected chi connectivity index (χ1v) is 14.6. The Kier molecular flexibility index (Phi) is 2.72. The number of nitrogens with zero attached hydrogens (tertiary/aromatic N) is 5. The van der Waals surface area contributed by atoms with E-state index in [9.17, 15) is 0 Å². The molecule has 78 valence electrons. The number of tetrazole rings is 1. The number of hydrogen-bond donors (Lipinski definition) is 0. The summed E-state index contributed by atoms with van der Waals surface area (Å²) < 4.78 is 1.82. The van der Waals surface area contributed by atoms with Gasteiger partial charge < -0.3 is 0 Å². The van der Waals surface area contributed by atoms with Crippen LogP contribution in [0.1, 0.15) is 0 Å². The minimum atomic E-state index is -2.24. The van der Waals surface area contributed by atoms with Crippen molar-refractivity contribution in [2.24, 2.45) is 0 Å². The summed E-state index contributed by atoms with van der Waals surface area (Å²) >= 11 is -2.24. The number of hydrogen-bond acceptors (Lipinski definition) is 4. The second-order valence-electron chi connectivity index (χ2n) is 4.31. The van der Waals surface area contributed by atoms with Crippen LogP contribution in [-0.4, -0.2) is 42.1 Å². The van der Waals surface area contributed by atoms with Crippen LogP contribution >= 0.6 is 0 Å². The summed E-state index contributed by atoms with van der Waals surface area (Å²) in [6.07, 6.45) is 3.47. The molecule has 6 heteroatoms. The second kappa shape index (κ2) is 3.88. The van der Waals surface area contributed by atoms with Gasteiger partial charge in [-0.15, -0.1) is 0 Å². The van der Waals surface area contributed by atoms with Gasteiger partial charge >= 0.3 is 92.8 Å². The molecule has 0 saturated heterocycles. The summed E-state index contributed by atoms with van der Waals surface area (Å²) in [5.74, 6) is 0.684. The monoisotopic (exact) mass is 311 g/mol. The SMILES string of the molecule is [CH3][Sn]([CH3])([CH3])[n]1nnc(-c2ccncc2)n1. The molecular weight excluding hydrogens is 297 g/mol. The van der Waals surface area contributed by atoms with Crippen LogP contribution in [0, 0.1) is 0 Å². The van der Waals surface area contributed by atoms with Gasteiger partial charge in [-0.05, 0) is 0 Å². The Bertz CT molecular complexity index is 445. The van der Waals surface area contributed by atoms with E-state index in [0.29, 0.717) is 5.82 Å². The first-order valence-electron chi connectivity index (χ1n) is 4.78. The molecule has 0 saturated carbocycles. The van der Waals surface area contributed by atoms with Gasteiger partial charge in [-0.2, -0.15) is 0 Å². The molecule has 0 amide bonds. The predicted octanol–water partition coefficient (Wildman–Crippen LogP) is 1.42. The Morgan fingerprint density at radius 1 is 1.13 bits per heavy atom. The average molecular weight is 310 g/mol. The van der Waals surface area contributed by atoms with E-state index in [4.69, 9.17) is 0 Å². The summed E-state index contributed by atoms with van der Waals surface area (Å²) in [6.45, 7) is 0. The Morgan fingerprint density at radius 3 is 2.33 bits per heavy atom. The molecule has 2 aromatic rings. The normalized spacial score (nSPS) is 11.7. The Labute approximate surface area is 92.8 Å². The molecule has 2 rings (SSSR count). The first-order chi connectivity index (χ1) is 7.07. The van der Waals surface area contributed by atoms with E-state index in [-0.39, 0.29) is 0 Å². The van der Waals surface area contributed by atoms with E-state index in [2.05, 4.69) is 35.2 Å². The molecule has 0 aliphatic heterocycles. The number of pyridine rings is 1. The molecule has 2 aromatic heterocycles. The molecule has 15 heavy (non-hydrogen) atoms. The summed E-state index contributed by atoms with van der Waals surface area (Å²) in [7, 11) is 0. The Balaban J connectivity index is 2.37. The third-order valence-corrected chi connectivity index (χ3v) is 5.92. The topological polar surface area (TPSA) is 56.5 Å². The fourth-order valence-electron chi connectivity index (χ4n) is 1.12. The number of rotatable bonds is 2. The van der Waals surface area contributed by atoms with Crippen LogP contribution in [-0.2, 0) is 0 Å². The van der Waals surface area contributed by atoms with Gasteiger partial charge in [-0.25, -0.2) is 0 Å². The van der Waals surface area contributed by atoms with Crippen LogP contribution in [0.25, 0.3) is 11.4 Å². The Morgan fingerprint density at radius 2 is 1.80 bits per heavy atom. The molecule has 0 aliphatic carbocycles. The van der Waals surface area contributed by atoms with Crippen molar-refractivity contribution >= 4 is 18.7 Å². The molecule has 0 radical (unpaired) electrons. The molecule has 0 N–H and O–H groups in total. The van der Waals surface area contributed by atoms with Crippen molar-refractivity contribution in [3.63, 3.8) is 0 Å². The van der Waals surface area contributed by atoms with Crippen molar-refractivity contribution in [3.8, 4) is 11.4 Å². The van der Waals surface area contributed by atoms with Crippen molar-refractivity contribution in [1.82, 2.24) is 23.4 Å². The molecule has 0 aromatic carbocycles. The van der Waals surface area contributed by atoms with Crippen LogP contribution in [0.2, 0.25) is 14.8 Å². The molecule has 0 aliphatic rings. The van der Waals surface area contributed by atoms with Crippen molar-refractivity contribution in [2.75, 3.05) is 0 Å². The molecule has 0 fully saturated rings. The number of aromatic nitrogens is 5. The van der Waals surface area contributed by atoms with Gasteiger partial charge in [0.05, 0.1) is 0 Å². The van der Waals surface area contributed by atoms with Crippen LogP contribution in [0.4, 0.5) is 0 Å². The van der Waals surface area contributed by atoms with E-state index < -0.39 is 18.7 Å². The Hall–Kier alpha value is -0.981. The summed E-state index contributed by atoms with van der Waals surface area (Å²) in [6, 6.07) is 3.78. The van der Waals surface area contributed by atoms with Crippen LogP contribution in [0.15, 0.2) is 24.5 Å². The third-order valence-electron chi connectivity index (χ3n) is 1.95. The summed E-state index contributed by atoms with van der Waals surface area (Å²) in [4.78, 5) is 10.7. The van der Waals surface area contributed by atoms with Gasteiger partial charge in [0.15, 0.2) is 0 Å². The van der Waals surface area contributed by atoms with Gasteiger partial charge in [-0.3, -0.25) is 0 Å². The quantitative estimate of drug-likeness (QED) is 0.787. The van der Waals surface area contributed by atoms with Gasteiger partial charge in [-0.1, -0.05) is 0 Å². The van der Waals surface area contributed by atoms with Gasteiger partial charge in [0, 0.05) is 0 Å². The average Bonchev–Trinajstić information content (AvgIpc) is 2.67. The molecule has 5 nitrogen and oxygen atoms in total. The fourth-order valence-corrected chi connectivity index (χ4v) is 3.14. The zero-order valence-electron chi connectivity index (χ0n) is 9.05. The van der Waals surface area contributed by atoms with Gasteiger partial charge in [0.25, 0.3) is 0 Å². The van der Waals surface area contributed by atoms with Gasteiger partial charge in [0.1, 0.15) is 0 Å². The van der Waals surface area contributed by atoms with Crippen molar-refractivity contribution in [1.29, 1.82) is 0 Å². The van der Waals surface area contributed by atoms with E-state index in [1.165, 1.54) is 0 Å². The molecular formula is C9H13N5Sn. The predicted molar refractivity (Wildman–Crippen MR) is 59.8 cm³/mol. The van der Waals surface area contributed by atoms with E-state index in [1.807, 2.05) is 15.2 Å².